The van der Waals surface area contributed by atoms with E-state index in [0.29, 0.717) is 17.5 Å². The van der Waals surface area contributed by atoms with Gasteiger partial charge in [-0.3, -0.25) is 9.36 Å². The van der Waals surface area contributed by atoms with Gasteiger partial charge in [0.1, 0.15) is 11.5 Å². The van der Waals surface area contributed by atoms with E-state index in [9.17, 15) is 4.79 Å². The normalized spacial score (nSPS) is 14.2. The first-order valence-electron chi connectivity index (χ1n) is 11.2. The van der Waals surface area contributed by atoms with E-state index in [4.69, 9.17) is 9.47 Å². The standard InChI is InChI=1S/C25H27N5O3S/c1-15(19-12-17(32-2)10-11-22(19)33-3)27-23(31)14-34-25-29-28-24(30(25)16-8-9-16)20-13-26-21-7-5-4-6-18(20)21/h4-7,10-13,15-16,26H,8-9,14H2,1-3H3,(H,27,31)/t15-/m1/s1. The van der Waals surface area contributed by atoms with E-state index in [0.717, 1.165) is 45.9 Å². The Kier molecular flexibility index (Phi) is 6.19. The summed E-state index contributed by atoms with van der Waals surface area (Å²) in [4.78, 5) is 16.1. The molecule has 1 aliphatic rings. The number of carbonyl (C=O) groups excluding carboxylic acids is 1. The zero-order chi connectivity index (χ0) is 23.7. The maximum atomic E-state index is 12.8. The minimum Gasteiger partial charge on any atom is -0.497 e. The maximum Gasteiger partial charge on any atom is 0.230 e. The minimum absolute atomic E-state index is 0.0821. The summed E-state index contributed by atoms with van der Waals surface area (Å²) in [6, 6.07) is 13.9. The summed E-state index contributed by atoms with van der Waals surface area (Å²) < 4.78 is 13.0. The molecule has 0 saturated heterocycles. The summed E-state index contributed by atoms with van der Waals surface area (Å²) in [5.41, 5.74) is 2.96. The molecule has 0 spiro atoms. The molecule has 0 aliphatic heterocycles. The van der Waals surface area contributed by atoms with E-state index in [-0.39, 0.29) is 17.7 Å². The molecule has 9 heteroatoms. The highest BCUT2D eigenvalue weighted by Crippen LogP contribution is 2.42. The van der Waals surface area contributed by atoms with Crippen LogP contribution in [-0.2, 0) is 4.79 Å². The second kappa shape index (κ2) is 9.42. The number of rotatable bonds is 9. The van der Waals surface area contributed by atoms with Crippen molar-refractivity contribution < 1.29 is 14.3 Å². The summed E-state index contributed by atoms with van der Waals surface area (Å²) in [6.45, 7) is 1.93. The van der Waals surface area contributed by atoms with Crippen LogP contribution < -0.4 is 14.8 Å². The number of H-pyrrole nitrogens is 1. The maximum absolute atomic E-state index is 12.8. The number of benzene rings is 2. The van der Waals surface area contributed by atoms with Crippen molar-refractivity contribution in [2.75, 3.05) is 20.0 Å². The van der Waals surface area contributed by atoms with Crippen molar-refractivity contribution in [1.82, 2.24) is 25.1 Å². The molecule has 0 bridgehead atoms. The van der Waals surface area contributed by atoms with Crippen molar-refractivity contribution in [3.8, 4) is 22.9 Å². The van der Waals surface area contributed by atoms with Gasteiger partial charge in [0, 0.05) is 34.3 Å². The lowest BCUT2D eigenvalue weighted by Gasteiger charge is -2.18. The molecule has 1 amide bonds. The highest BCUT2D eigenvalue weighted by atomic mass is 32.2. The van der Waals surface area contributed by atoms with Gasteiger partial charge in [-0.25, -0.2) is 0 Å². The topological polar surface area (TPSA) is 94.1 Å². The summed E-state index contributed by atoms with van der Waals surface area (Å²) in [7, 11) is 3.23. The molecular formula is C25H27N5O3S. The van der Waals surface area contributed by atoms with E-state index in [1.165, 1.54) is 11.8 Å². The number of thioether (sulfide) groups is 1. The number of aromatic amines is 1. The molecule has 1 saturated carbocycles. The van der Waals surface area contributed by atoms with E-state index in [2.05, 4.69) is 37.2 Å². The third kappa shape index (κ3) is 4.35. The Hall–Kier alpha value is -3.46. The molecule has 1 atom stereocenters. The van der Waals surface area contributed by atoms with Crippen LogP contribution in [0.25, 0.3) is 22.3 Å². The average molecular weight is 478 g/mol. The monoisotopic (exact) mass is 477 g/mol. The van der Waals surface area contributed by atoms with Crippen molar-refractivity contribution in [3.05, 3.63) is 54.2 Å². The Morgan fingerprint density at radius 3 is 2.79 bits per heavy atom. The number of nitrogens with one attached hydrogen (secondary N) is 2. The molecule has 2 aromatic carbocycles. The SMILES string of the molecule is COc1ccc(OC)c([C@@H](C)NC(=O)CSc2nnc(-c3c[nH]c4ccccc34)n2C2CC2)c1. The van der Waals surface area contributed by atoms with Gasteiger partial charge in [0.25, 0.3) is 0 Å². The Balaban J connectivity index is 1.31. The van der Waals surface area contributed by atoms with Gasteiger partial charge in [-0.15, -0.1) is 10.2 Å². The van der Waals surface area contributed by atoms with E-state index in [1.54, 1.807) is 14.2 Å². The molecule has 34 heavy (non-hydrogen) atoms. The molecule has 1 fully saturated rings. The number of hydrogen-bond acceptors (Lipinski definition) is 6. The molecule has 8 nitrogen and oxygen atoms in total. The number of nitrogens with zero attached hydrogens (tertiary/aromatic N) is 3. The number of para-hydroxylation sites is 1. The first-order valence-corrected chi connectivity index (χ1v) is 12.2. The molecule has 2 aromatic heterocycles. The molecule has 5 rings (SSSR count). The van der Waals surface area contributed by atoms with Gasteiger partial charge in [0.05, 0.1) is 26.0 Å². The van der Waals surface area contributed by atoms with Crippen molar-refractivity contribution >= 4 is 28.6 Å². The molecular weight excluding hydrogens is 450 g/mol. The minimum atomic E-state index is -0.235. The fourth-order valence-corrected chi connectivity index (χ4v) is 4.96. The third-order valence-electron chi connectivity index (χ3n) is 6.02. The predicted octanol–water partition coefficient (Wildman–Crippen LogP) is 4.75. The summed E-state index contributed by atoms with van der Waals surface area (Å²) >= 11 is 1.41. The fraction of sp³-hybridized carbons (Fsp3) is 0.320. The summed E-state index contributed by atoms with van der Waals surface area (Å²) in [5, 5.41) is 13.9. The molecule has 0 unspecified atom stereocenters. The van der Waals surface area contributed by atoms with Gasteiger partial charge in [-0.05, 0) is 44.0 Å². The van der Waals surface area contributed by atoms with Crippen LogP contribution in [0.15, 0.2) is 53.8 Å². The fourth-order valence-electron chi connectivity index (χ4n) is 4.15. The van der Waals surface area contributed by atoms with Crippen molar-refractivity contribution in [1.29, 1.82) is 0 Å². The highest BCUT2D eigenvalue weighted by molar-refractivity contribution is 7.99. The number of carbonyl (C=O) groups is 1. The van der Waals surface area contributed by atoms with Crippen LogP contribution in [0.2, 0.25) is 0 Å². The number of aromatic nitrogens is 4. The predicted molar refractivity (Wildman–Crippen MR) is 132 cm³/mol. The Labute approximate surface area is 202 Å². The van der Waals surface area contributed by atoms with Crippen molar-refractivity contribution in [3.63, 3.8) is 0 Å². The third-order valence-corrected chi connectivity index (χ3v) is 6.96. The first-order chi connectivity index (χ1) is 16.6. The van der Waals surface area contributed by atoms with Crippen LogP contribution >= 0.6 is 11.8 Å². The zero-order valence-electron chi connectivity index (χ0n) is 19.4. The van der Waals surface area contributed by atoms with Gasteiger partial charge in [0.2, 0.25) is 5.91 Å². The van der Waals surface area contributed by atoms with Gasteiger partial charge in [-0.2, -0.15) is 0 Å². The van der Waals surface area contributed by atoms with Crippen LogP contribution in [-0.4, -0.2) is 45.6 Å². The number of fused-ring (bicyclic) bond motifs is 1. The Bertz CT molecular complexity index is 1330. The largest absolute Gasteiger partial charge is 0.497 e. The molecule has 2 N–H and O–H groups in total. The smallest absolute Gasteiger partial charge is 0.230 e. The highest BCUT2D eigenvalue weighted by Gasteiger charge is 2.31. The number of ether oxygens (including phenoxy) is 2. The number of amides is 1. The summed E-state index contributed by atoms with van der Waals surface area (Å²) in [5.74, 6) is 2.43. The van der Waals surface area contributed by atoms with Gasteiger partial charge < -0.3 is 19.8 Å². The van der Waals surface area contributed by atoms with Crippen molar-refractivity contribution in [2.24, 2.45) is 0 Å². The van der Waals surface area contributed by atoms with E-state index >= 15 is 0 Å². The summed E-state index contributed by atoms with van der Waals surface area (Å²) in [6.07, 6.45) is 4.18. The lowest BCUT2D eigenvalue weighted by molar-refractivity contribution is -0.119. The second-order valence-electron chi connectivity index (χ2n) is 8.34. The van der Waals surface area contributed by atoms with Crippen LogP contribution in [0.5, 0.6) is 11.5 Å². The van der Waals surface area contributed by atoms with Gasteiger partial charge in [-0.1, -0.05) is 30.0 Å². The molecule has 4 aromatic rings. The Morgan fingerprint density at radius 2 is 2.03 bits per heavy atom. The van der Waals surface area contributed by atoms with Crippen LogP contribution in [0, 0.1) is 0 Å². The average Bonchev–Trinajstić information content (AvgIpc) is 3.47. The lowest BCUT2D eigenvalue weighted by atomic mass is 10.1. The lowest BCUT2D eigenvalue weighted by Crippen LogP contribution is -2.28. The van der Waals surface area contributed by atoms with Crippen LogP contribution in [0.3, 0.4) is 0 Å². The molecule has 1 aliphatic carbocycles. The number of hydrogen-bond donors (Lipinski definition) is 2. The quantitative estimate of drug-likeness (QED) is 0.338. The number of methoxy groups -OCH3 is 2. The van der Waals surface area contributed by atoms with Gasteiger partial charge in [0.15, 0.2) is 11.0 Å². The van der Waals surface area contributed by atoms with Crippen LogP contribution in [0.4, 0.5) is 0 Å². The van der Waals surface area contributed by atoms with Crippen LogP contribution in [0.1, 0.15) is 37.4 Å². The molecule has 2 heterocycles. The first kappa shape index (κ1) is 22.3. The van der Waals surface area contributed by atoms with E-state index in [1.807, 2.05) is 43.5 Å². The zero-order valence-corrected chi connectivity index (χ0v) is 20.2. The molecule has 176 valence electrons. The second-order valence-corrected chi connectivity index (χ2v) is 9.28. The molecule has 0 radical (unpaired) electrons. The van der Waals surface area contributed by atoms with Crippen molar-refractivity contribution in [2.45, 2.75) is 37.0 Å². The van der Waals surface area contributed by atoms with E-state index < -0.39 is 0 Å². The van der Waals surface area contributed by atoms with Gasteiger partial charge >= 0.3 is 0 Å². The Morgan fingerprint density at radius 1 is 1.21 bits per heavy atom.